The van der Waals surface area contributed by atoms with Crippen LogP contribution in [0.25, 0.3) is 0 Å². The van der Waals surface area contributed by atoms with Crippen molar-refractivity contribution < 1.29 is 13.6 Å². The molecule has 1 fully saturated rings. The predicted octanol–water partition coefficient (Wildman–Crippen LogP) is 5.13. The molecule has 1 amide bonds. The van der Waals surface area contributed by atoms with Gasteiger partial charge in [-0.15, -0.1) is 0 Å². The van der Waals surface area contributed by atoms with Gasteiger partial charge < -0.3 is 0 Å². The summed E-state index contributed by atoms with van der Waals surface area (Å²) in [6, 6.07) is 22.2. The van der Waals surface area contributed by atoms with Crippen molar-refractivity contribution in [2.24, 2.45) is 4.99 Å². The molecule has 6 heteroatoms. The standard InChI is InChI=1S/C28H27F2N3O/c1-20-31-28(22-7-11-24(29)12-8-22,23-9-13-25(30)14-10-23)27(34)33(20)26-15-17-32(18-16-26)19-21-5-3-2-4-6-21/h2-14,26H,15-19H2,1H3. The summed E-state index contributed by atoms with van der Waals surface area (Å²) in [6.45, 7) is 4.51. The number of nitrogens with zero attached hydrogens (tertiary/aromatic N) is 3. The molecule has 2 aliphatic rings. The Morgan fingerprint density at radius 2 is 1.38 bits per heavy atom. The lowest BCUT2D eigenvalue weighted by atomic mass is 9.82. The minimum absolute atomic E-state index is 0.0334. The third-order valence-electron chi connectivity index (χ3n) is 6.90. The molecule has 2 aliphatic heterocycles. The fraction of sp³-hybridized carbons (Fsp3) is 0.286. The molecule has 2 heterocycles. The van der Waals surface area contributed by atoms with Gasteiger partial charge >= 0.3 is 0 Å². The maximum absolute atomic E-state index is 14.1. The van der Waals surface area contributed by atoms with Crippen LogP contribution in [0.2, 0.25) is 0 Å². The Morgan fingerprint density at radius 1 is 0.853 bits per heavy atom. The molecule has 0 radical (unpaired) electrons. The van der Waals surface area contributed by atoms with Crippen LogP contribution < -0.4 is 0 Å². The number of benzene rings is 3. The quantitative estimate of drug-likeness (QED) is 0.530. The number of carbonyl (C=O) groups excluding carboxylic acids is 1. The van der Waals surface area contributed by atoms with Crippen LogP contribution in [0.4, 0.5) is 8.78 Å². The van der Waals surface area contributed by atoms with E-state index in [4.69, 9.17) is 4.99 Å². The monoisotopic (exact) mass is 459 g/mol. The first-order chi connectivity index (χ1) is 16.5. The molecule has 0 atom stereocenters. The summed E-state index contributed by atoms with van der Waals surface area (Å²) >= 11 is 0. The van der Waals surface area contributed by atoms with Crippen molar-refractivity contribution in [1.82, 2.24) is 9.80 Å². The summed E-state index contributed by atoms with van der Waals surface area (Å²) in [6.07, 6.45) is 1.68. The van der Waals surface area contributed by atoms with Gasteiger partial charge in [-0.2, -0.15) is 0 Å². The van der Waals surface area contributed by atoms with E-state index in [-0.39, 0.29) is 23.6 Å². The van der Waals surface area contributed by atoms with Crippen LogP contribution in [0.15, 0.2) is 83.9 Å². The number of hydrogen-bond donors (Lipinski definition) is 0. The molecule has 0 saturated carbocycles. The lowest BCUT2D eigenvalue weighted by Crippen LogP contribution is -2.50. The van der Waals surface area contributed by atoms with Gasteiger partial charge in [0, 0.05) is 25.7 Å². The summed E-state index contributed by atoms with van der Waals surface area (Å²) < 4.78 is 27.4. The van der Waals surface area contributed by atoms with Crippen molar-refractivity contribution >= 4 is 11.7 Å². The van der Waals surface area contributed by atoms with E-state index < -0.39 is 5.54 Å². The third-order valence-corrected chi connectivity index (χ3v) is 6.90. The van der Waals surface area contributed by atoms with E-state index in [1.54, 1.807) is 24.3 Å². The van der Waals surface area contributed by atoms with E-state index >= 15 is 0 Å². The SMILES string of the molecule is CC1=NC(c2ccc(F)cc2)(c2ccc(F)cc2)C(=O)N1C1CCN(Cc2ccccc2)CC1. The van der Waals surface area contributed by atoms with Gasteiger partial charge in [-0.3, -0.25) is 14.6 Å². The molecule has 0 aromatic heterocycles. The average Bonchev–Trinajstić information content (AvgIpc) is 3.12. The van der Waals surface area contributed by atoms with Gasteiger partial charge in [0.2, 0.25) is 0 Å². The van der Waals surface area contributed by atoms with Crippen LogP contribution in [0.1, 0.15) is 36.5 Å². The van der Waals surface area contributed by atoms with Gasteiger partial charge in [0.25, 0.3) is 5.91 Å². The zero-order valence-electron chi connectivity index (χ0n) is 19.1. The van der Waals surface area contributed by atoms with Crippen molar-refractivity contribution in [2.75, 3.05) is 13.1 Å². The van der Waals surface area contributed by atoms with Crippen LogP contribution in [-0.4, -0.2) is 40.7 Å². The lowest BCUT2D eigenvalue weighted by molar-refractivity contribution is -0.132. The van der Waals surface area contributed by atoms with Crippen molar-refractivity contribution in [3.8, 4) is 0 Å². The zero-order valence-corrected chi connectivity index (χ0v) is 19.1. The van der Waals surface area contributed by atoms with Crippen molar-refractivity contribution in [3.05, 3.63) is 107 Å². The summed E-state index contributed by atoms with van der Waals surface area (Å²) in [5.41, 5.74) is 1.09. The Labute approximate surface area is 198 Å². The van der Waals surface area contributed by atoms with Crippen LogP contribution in [0.3, 0.4) is 0 Å². The summed E-state index contributed by atoms with van der Waals surface area (Å²) in [5.74, 6) is -0.288. The van der Waals surface area contributed by atoms with Gasteiger partial charge in [0.15, 0.2) is 5.54 Å². The normalized spacial score (nSPS) is 18.9. The van der Waals surface area contributed by atoms with Gasteiger partial charge in [0.05, 0.1) is 0 Å². The first-order valence-corrected chi connectivity index (χ1v) is 11.7. The Kier molecular flexibility index (Phi) is 6.00. The molecule has 5 rings (SSSR count). The number of rotatable bonds is 5. The smallest absolute Gasteiger partial charge is 0.265 e. The van der Waals surface area contributed by atoms with E-state index in [9.17, 15) is 13.6 Å². The summed E-state index contributed by atoms with van der Waals surface area (Å²) in [5, 5.41) is 0. The van der Waals surface area contributed by atoms with E-state index in [0.717, 1.165) is 32.5 Å². The van der Waals surface area contributed by atoms with Crippen LogP contribution in [-0.2, 0) is 16.9 Å². The molecule has 174 valence electrons. The van der Waals surface area contributed by atoms with E-state index in [0.29, 0.717) is 17.0 Å². The Balaban J connectivity index is 1.41. The minimum atomic E-state index is -1.34. The Morgan fingerprint density at radius 3 is 1.91 bits per heavy atom. The van der Waals surface area contributed by atoms with Crippen LogP contribution >= 0.6 is 0 Å². The number of amides is 1. The third kappa shape index (κ3) is 4.03. The van der Waals surface area contributed by atoms with Crippen LogP contribution in [0.5, 0.6) is 0 Å². The molecule has 1 saturated heterocycles. The number of halogens is 2. The van der Waals surface area contributed by atoms with Crippen molar-refractivity contribution in [2.45, 2.75) is 37.9 Å². The van der Waals surface area contributed by atoms with E-state index in [1.165, 1.54) is 29.8 Å². The molecule has 0 spiro atoms. The first-order valence-electron chi connectivity index (χ1n) is 11.7. The van der Waals surface area contributed by atoms with Gasteiger partial charge in [0.1, 0.15) is 17.5 Å². The van der Waals surface area contributed by atoms with Gasteiger partial charge in [-0.25, -0.2) is 13.8 Å². The molecule has 0 aliphatic carbocycles. The Hall–Kier alpha value is -3.38. The molecule has 4 nitrogen and oxygen atoms in total. The van der Waals surface area contributed by atoms with E-state index in [1.807, 2.05) is 17.9 Å². The van der Waals surface area contributed by atoms with Gasteiger partial charge in [-0.1, -0.05) is 54.6 Å². The molecule has 0 N–H and O–H groups in total. The van der Waals surface area contributed by atoms with Crippen LogP contribution in [0, 0.1) is 11.6 Å². The second-order valence-electron chi connectivity index (χ2n) is 9.05. The first kappa shape index (κ1) is 22.4. The van der Waals surface area contributed by atoms with Gasteiger partial charge in [-0.05, 0) is 60.7 Å². The summed E-state index contributed by atoms with van der Waals surface area (Å²) in [4.78, 5) is 23.2. The summed E-state index contributed by atoms with van der Waals surface area (Å²) in [7, 11) is 0. The topological polar surface area (TPSA) is 35.9 Å². The molecule has 3 aromatic carbocycles. The molecular formula is C28H27F2N3O. The second-order valence-corrected chi connectivity index (χ2v) is 9.05. The number of likely N-dealkylation sites (tertiary alicyclic amines) is 1. The minimum Gasteiger partial charge on any atom is -0.299 e. The molecule has 3 aromatic rings. The number of carbonyl (C=O) groups is 1. The molecule has 34 heavy (non-hydrogen) atoms. The molecule has 0 bridgehead atoms. The van der Waals surface area contributed by atoms with Crippen molar-refractivity contribution in [3.63, 3.8) is 0 Å². The Bertz CT molecular complexity index is 1140. The predicted molar refractivity (Wildman–Crippen MR) is 128 cm³/mol. The second kappa shape index (κ2) is 9.11. The molecule has 0 unspecified atom stereocenters. The number of aliphatic imine (C=N–C) groups is 1. The number of amidine groups is 1. The highest BCUT2D eigenvalue weighted by Crippen LogP contribution is 2.42. The number of piperidine rings is 1. The fourth-order valence-electron chi connectivity index (χ4n) is 5.20. The largest absolute Gasteiger partial charge is 0.299 e. The highest BCUT2D eigenvalue weighted by Gasteiger charge is 2.52. The number of hydrogen-bond acceptors (Lipinski definition) is 3. The fourth-order valence-corrected chi connectivity index (χ4v) is 5.20. The average molecular weight is 460 g/mol. The zero-order chi connectivity index (χ0) is 23.7. The molecular weight excluding hydrogens is 432 g/mol. The van der Waals surface area contributed by atoms with Crippen molar-refractivity contribution in [1.29, 1.82) is 0 Å². The highest BCUT2D eigenvalue weighted by molar-refractivity contribution is 6.10. The maximum atomic E-state index is 14.1. The van der Waals surface area contributed by atoms with E-state index in [2.05, 4.69) is 29.2 Å². The lowest BCUT2D eigenvalue weighted by Gasteiger charge is -2.38. The maximum Gasteiger partial charge on any atom is 0.265 e. The highest BCUT2D eigenvalue weighted by atomic mass is 19.1.